The number of amides is 1. The van der Waals surface area contributed by atoms with Gasteiger partial charge in [-0.05, 0) is 11.1 Å². The molecule has 4 aliphatic rings. The molecule has 3 unspecified atom stereocenters. The van der Waals surface area contributed by atoms with Gasteiger partial charge in [0.1, 0.15) is 0 Å². The van der Waals surface area contributed by atoms with E-state index in [9.17, 15) is 4.79 Å². The van der Waals surface area contributed by atoms with Crippen molar-refractivity contribution in [2.75, 3.05) is 0 Å². The highest BCUT2D eigenvalue weighted by molar-refractivity contribution is 5.82. The molecule has 1 heterocycles. The molecule has 17 heavy (non-hydrogen) atoms. The summed E-state index contributed by atoms with van der Waals surface area (Å²) in [6.07, 6.45) is 7.23. The van der Waals surface area contributed by atoms with Gasteiger partial charge >= 0.3 is 0 Å². The highest BCUT2D eigenvalue weighted by atomic mass is 16.1. The molecule has 0 aromatic heterocycles. The molecule has 1 saturated heterocycles. The van der Waals surface area contributed by atoms with E-state index < -0.39 is 0 Å². The van der Waals surface area contributed by atoms with E-state index in [1.54, 1.807) is 0 Å². The lowest BCUT2D eigenvalue weighted by molar-refractivity contribution is -0.121. The van der Waals surface area contributed by atoms with Crippen LogP contribution in [0.3, 0.4) is 0 Å². The molecule has 0 saturated carbocycles. The number of benzene rings is 1. The van der Waals surface area contributed by atoms with Gasteiger partial charge in [0.25, 0.3) is 0 Å². The Bertz CT molecular complexity index is 570. The molecule has 4 bridgehead atoms. The van der Waals surface area contributed by atoms with Gasteiger partial charge in [0, 0.05) is 18.3 Å². The first kappa shape index (κ1) is 9.23. The zero-order valence-corrected chi connectivity index (χ0v) is 9.39. The van der Waals surface area contributed by atoms with E-state index in [-0.39, 0.29) is 11.9 Å². The second-order valence-corrected chi connectivity index (χ2v) is 5.03. The fourth-order valence-corrected chi connectivity index (χ4v) is 3.38. The predicted molar refractivity (Wildman–Crippen MR) is 65.7 cm³/mol. The number of carbonyl (C=O) groups is 1. The Morgan fingerprint density at radius 3 is 2.82 bits per heavy atom. The quantitative estimate of drug-likeness (QED) is 0.671. The fraction of sp³-hybridized carbons (Fsp3) is 0.267. The highest BCUT2D eigenvalue weighted by Gasteiger charge is 2.38. The molecule has 1 aliphatic heterocycles. The normalized spacial score (nSPS) is 32.6. The predicted octanol–water partition coefficient (Wildman–Crippen LogP) is 2.25. The van der Waals surface area contributed by atoms with E-state index in [2.05, 4.69) is 47.8 Å². The Balaban J connectivity index is 1.97. The van der Waals surface area contributed by atoms with E-state index in [0.29, 0.717) is 18.3 Å². The van der Waals surface area contributed by atoms with Gasteiger partial charge in [-0.1, -0.05) is 48.1 Å². The van der Waals surface area contributed by atoms with Crippen LogP contribution in [0.25, 0.3) is 0 Å². The summed E-state index contributed by atoms with van der Waals surface area (Å²) in [6, 6.07) is 8.75. The van der Waals surface area contributed by atoms with Crippen LogP contribution in [-0.2, 0) is 4.79 Å². The Morgan fingerprint density at radius 1 is 1.12 bits per heavy atom. The van der Waals surface area contributed by atoms with Crippen molar-refractivity contribution in [2.45, 2.75) is 24.3 Å². The maximum Gasteiger partial charge on any atom is 0.224 e. The van der Waals surface area contributed by atoms with Crippen molar-refractivity contribution in [1.82, 2.24) is 5.32 Å². The van der Waals surface area contributed by atoms with E-state index in [4.69, 9.17) is 0 Å². The zero-order chi connectivity index (χ0) is 11.4. The lowest BCUT2D eigenvalue weighted by Crippen LogP contribution is -2.43. The third-order valence-corrected chi connectivity index (χ3v) is 4.06. The van der Waals surface area contributed by atoms with Gasteiger partial charge in [0.05, 0.1) is 6.04 Å². The van der Waals surface area contributed by atoms with Crippen molar-refractivity contribution in [3.63, 3.8) is 0 Å². The molecule has 0 radical (unpaired) electrons. The van der Waals surface area contributed by atoms with Crippen LogP contribution in [0.1, 0.15) is 29.4 Å². The number of rotatable bonds is 0. The second kappa shape index (κ2) is 3.10. The van der Waals surface area contributed by atoms with E-state index >= 15 is 0 Å². The van der Waals surface area contributed by atoms with Gasteiger partial charge in [-0.3, -0.25) is 4.79 Å². The third-order valence-electron chi connectivity index (χ3n) is 4.06. The summed E-state index contributed by atoms with van der Waals surface area (Å²) in [6.45, 7) is 0. The van der Waals surface area contributed by atoms with Gasteiger partial charge in [0.2, 0.25) is 5.91 Å². The SMILES string of the molecule is O=C1CC2=CC3C=CC(N1)C2c1ccccc13. The van der Waals surface area contributed by atoms with Crippen LogP contribution in [0.2, 0.25) is 0 Å². The summed E-state index contributed by atoms with van der Waals surface area (Å²) >= 11 is 0. The molecule has 5 rings (SSSR count). The van der Waals surface area contributed by atoms with Crippen molar-refractivity contribution in [2.24, 2.45) is 0 Å². The first-order valence-electron chi connectivity index (χ1n) is 6.10. The Morgan fingerprint density at radius 2 is 1.94 bits per heavy atom. The first-order chi connectivity index (χ1) is 8.33. The van der Waals surface area contributed by atoms with Crippen LogP contribution in [-0.4, -0.2) is 11.9 Å². The lowest BCUT2D eigenvalue weighted by atomic mass is 9.74. The van der Waals surface area contributed by atoms with Crippen LogP contribution in [0.4, 0.5) is 0 Å². The number of hydrogen-bond acceptors (Lipinski definition) is 1. The van der Waals surface area contributed by atoms with Gasteiger partial charge < -0.3 is 5.32 Å². The van der Waals surface area contributed by atoms with Crippen LogP contribution in [0, 0.1) is 0 Å². The standard InChI is InChI=1S/C15H13NO/c17-14-8-10-7-9-5-6-13(16-14)15(10)12-4-2-1-3-11(9)12/h1-7,9,13,15H,8H2,(H,16,17). The average molecular weight is 223 g/mol. The number of carbonyl (C=O) groups excluding carboxylic acids is 1. The largest absolute Gasteiger partial charge is 0.349 e. The van der Waals surface area contributed by atoms with Crippen molar-refractivity contribution in [3.8, 4) is 0 Å². The van der Waals surface area contributed by atoms with E-state index in [0.717, 1.165) is 0 Å². The number of nitrogens with one attached hydrogen (secondary N) is 1. The molecular weight excluding hydrogens is 210 g/mol. The lowest BCUT2D eigenvalue weighted by Gasteiger charge is -2.35. The van der Waals surface area contributed by atoms with Crippen LogP contribution >= 0.6 is 0 Å². The molecule has 3 atom stereocenters. The molecule has 1 aromatic carbocycles. The van der Waals surface area contributed by atoms with Crippen molar-refractivity contribution >= 4 is 5.91 Å². The van der Waals surface area contributed by atoms with Gasteiger partial charge in [-0.25, -0.2) is 0 Å². The molecule has 3 aliphatic carbocycles. The number of piperidine rings is 1. The minimum Gasteiger partial charge on any atom is -0.349 e. The molecule has 1 fully saturated rings. The molecule has 1 amide bonds. The van der Waals surface area contributed by atoms with Gasteiger partial charge in [-0.2, -0.15) is 0 Å². The molecular formula is C15H13NO. The fourth-order valence-electron chi connectivity index (χ4n) is 3.38. The third kappa shape index (κ3) is 1.18. The minimum absolute atomic E-state index is 0.149. The smallest absolute Gasteiger partial charge is 0.224 e. The van der Waals surface area contributed by atoms with Crippen LogP contribution < -0.4 is 5.32 Å². The number of allylic oxidation sites excluding steroid dienone is 2. The molecule has 2 heteroatoms. The summed E-state index contributed by atoms with van der Waals surface area (Å²) in [5.41, 5.74) is 4.09. The Labute approximate surface area is 100 Å². The van der Waals surface area contributed by atoms with E-state index in [1.165, 1.54) is 16.7 Å². The monoisotopic (exact) mass is 223 g/mol. The van der Waals surface area contributed by atoms with Crippen LogP contribution in [0.5, 0.6) is 0 Å². The summed E-state index contributed by atoms with van der Waals surface area (Å²) in [7, 11) is 0. The van der Waals surface area contributed by atoms with E-state index in [1.807, 2.05) is 0 Å². The average Bonchev–Trinajstić information content (AvgIpc) is 2.55. The minimum atomic E-state index is 0.149. The summed E-state index contributed by atoms with van der Waals surface area (Å²) in [4.78, 5) is 11.6. The molecule has 1 N–H and O–H groups in total. The molecule has 84 valence electrons. The Kier molecular flexibility index (Phi) is 1.68. The molecule has 2 nitrogen and oxygen atoms in total. The maximum atomic E-state index is 11.6. The molecule has 1 aromatic rings. The summed E-state index contributed by atoms with van der Waals surface area (Å²) in [5, 5.41) is 3.09. The van der Waals surface area contributed by atoms with Crippen LogP contribution in [0.15, 0.2) is 48.1 Å². The summed E-state index contributed by atoms with van der Waals surface area (Å²) < 4.78 is 0. The zero-order valence-electron chi connectivity index (χ0n) is 9.39. The van der Waals surface area contributed by atoms with Crippen molar-refractivity contribution in [3.05, 3.63) is 59.2 Å². The van der Waals surface area contributed by atoms with Crippen molar-refractivity contribution < 1.29 is 4.79 Å². The highest BCUT2D eigenvalue weighted by Crippen LogP contribution is 2.46. The maximum absolute atomic E-state index is 11.6. The van der Waals surface area contributed by atoms with Gasteiger partial charge in [0.15, 0.2) is 0 Å². The second-order valence-electron chi connectivity index (χ2n) is 5.03. The molecule has 0 spiro atoms. The topological polar surface area (TPSA) is 29.1 Å². The Hall–Kier alpha value is -1.83. The summed E-state index contributed by atoms with van der Waals surface area (Å²) in [5.74, 6) is 0.872. The first-order valence-corrected chi connectivity index (χ1v) is 6.10. The van der Waals surface area contributed by atoms with Gasteiger partial charge in [-0.15, -0.1) is 0 Å². The van der Waals surface area contributed by atoms with Crippen molar-refractivity contribution in [1.29, 1.82) is 0 Å². The number of hydrogen-bond donors (Lipinski definition) is 1.